The maximum atomic E-state index is 12.9. The van der Waals surface area contributed by atoms with Crippen molar-refractivity contribution in [1.82, 2.24) is 0 Å². The number of anilines is 1. The number of carbonyl (C=O) groups excluding carboxylic acids is 1. The topological polar surface area (TPSA) is 72.5 Å². The largest absolute Gasteiger partial charge is 0.497 e. The fraction of sp³-hybridized carbons (Fsp3) is 0.136. The van der Waals surface area contributed by atoms with E-state index in [1.54, 1.807) is 73.8 Å². The van der Waals surface area contributed by atoms with Gasteiger partial charge in [-0.3, -0.25) is 9.52 Å². The van der Waals surface area contributed by atoms with Crippen molar-refractivity contribution in [3.63, 3.8) is 0 Å². The van der Waals surface area contributed by atoms with Crippen LogP contribution < -0.4 is 9.46 Å². The van der Waals surface area contributed by atoms with Gasteiger partial charge in [-0.2, -0.15) is 0 Å². The van der Waals surface area contributed by atoms with Crippen LogP contribution in [0.15, 0.2) is 71.6 Å². The lowest BCUT2D eigenvalue weighted by Crippen LogP contribution is -2.16. The molecule has 0 spiro atoms. The quantitative estimate of drug-likeness (QED) is 0.630. The van der Waals surface area contributed by atoms with E-state index in [0.717, 1.165) is 11.1 Å². The minimum Gasteiger partial charge on any atom is -0.497 e. The Labute approximate surface area is 165 Å². The number of ether oxygens (including phenoxy) is 1. The predicted octanol–water partition coefficient (Wildman–Crippen LogP) is 4.34. The second-order valence-electron chi connectivity index (χ2n) is 6.45. The summed E-state index contributed by atoms with van der Waals surface area (Å²) in [7, 11) is -2.27. The van der Waals surface area contributed by atoms with Gasteiger partial charge in [-0.25, -0.2) is 8.42 Å². The maximum absolute atomic E-state index is 12.9. The average molecular weight is 395 g/mol. The molecule has 0 unspecified atom stereocenters. The van der Waals surface area contributed by atoms with Gasteiger partial charge >= 0.3 is 0 Å². The molecule has 144 valence electrons. The van der Waals surface area contributed by atoms with E-state index in [2.05, 4.69) is 4.72 Å². The average Bonchev–Trinajstić information content (AvgIpc) is 2.69. The molecule has 6 heteroatoms. The number of sulfonamides is 1. The standard InChI is InChI=1S/C22H21NO4S/c1-15-8-13-19(14-16(15)2)28(25,26)23-21-7-5-4-6-20(21)22(24)17-9-11-18(27-3)12-10-17/h4-14,23H,1-3H3. The highest BCUT2D eigenvalue weighted by Gasteiger charge is 2.20. The zero-order valence-electron chi connectivity index (χ0n) is 15.9. The Kier molecular flexibility index (Phi) is 5.51. The molecule has 0 aliphatic rings. The summed E-state index contributed by atoms with van der Waals surface area (Å²) in [6, 6.07) is 18.2. The molecule has 0 radical (unpaired) electrons. The fourth-order valence-electron chi connectivity index (χ4n) is 2.75. The molecule has 3 rings (SSSR count). The van der Waals surface area contributed by atoms with Gasteiger partial charge in [0.05, 0.1) is 17.7 Å². The lowest BCUT2D eigenvalue weighted by molar-refractivity contribution is 0.103. The van der Waals surface area contributed by atoms with Crippen LogP contribution in [0, 0.1) is 13.8 Å². The molecule has 3 aromatic rings. The Bertz CT molecular complexity index is 1120. The Balaban J connectivity index is 1.95. The van der Waals surface area contributed by atoms with Crippen LogP contribution in [0.1, 0.15) is 27.0 Å². The van der Waals surface area contributed by atoms with Crippen LogP contribution in [-0.2, 0) is 10.0 Å². The van der Waals surface area contributed by atoms with Crippen molar-refractivity contribution in [2.45, 2.75) is 18.7 Å². The molecule has 0 atom stereocenters. The number of methoxy groups -OCH3 is 1. The summed E-state index contributed by atoms with van der Waals surface area (Å²) in [6.45, 7) is 3.78. The first-order valence-corrected chi connectivity index (χ1v) is 10.2. The number of carbonyl (C=O) groups is 1. The highest BCUT2D eigenvalue weighted by molar-refractivity contribution is 7.92. The van der Waals surface area contributed by atoms with E-state index in [4.69, 9.17) is 4.74 Å². The maximum Gasteiger partial charge on any atom is 0.261 e. The third kappa shape index (κ3) is 4.07. The van der Waals surface area contributed by atoms with Gasteiger partial charge in [0, 0.05) is 11.1 Å². The number of nitrogens with one attached hydrogen (secondary N) is 1. The van der Waals surface area contributed by atoms with Gasteiger partial charge < -0.3 is 4.74 Å². The molecule has 0 aliphatic carbocycles. The second-order valence-corrected chi connectivity index (χ2v) is 8.14. The van der Waals surface area contributed by atoms with Crippen molar-refractivity contribution < 1.29 is 17.9 Å². The molecule has 0 saturated heterocycles. The summed E-state index contributed by atoms with van der Waals surface area (Å²) in [5, 5.41) is 0. The van der Waals surface area contributed by atoms with Crippen molar-refractivity contribution in [1.29, 1.82) is 0 Å². The van der Waals surface area contributed by atoms with Gasteiger partial charge in [0.2, 0.25) is 0 Å². The Morgan fingerprint density at radius 2 is 1.57 bits per heavy atom. The zero-order chi connectivity index (χ0) is 20.3. The first-order chi connectivity index (χ1) is 13.3. The van der Waals surface area contributed by atoms with Crippen LogP contribution in [0.2, 0.25) is 0 Å². The lowest BCUT2D eigenvalue weighted by atomic mass is 10.0. The van der Waals surface area contributed by atoms with Crippen molar-refractivity contribution in [3.8, 4) is 5.75 Å². The van der Waals surface area contributed by atoms with E-state index >= 15 is 0 Å². The van der Waals surface area contributed by atoms with Gasteiger partial charge in [0.25, 0.3) is 10.0 Å². The van der Waals surface area contributed by atoms with Crippen LogP contribution >= 0.6 is 0 Å². The molecule has 0 saturated carbocycles. The summed E-state index contributed by atoms with van der Waals surface area (Å²) in [5.41, 5.74) is 2.85. The smallest absolute Gasteiger partial charge is 0.261 e. The first-order valence-electron chi connectivity index (χ1n) is 8.69. The minimum absolute atomic E-state index is 0.155. The molecule has 3 aromatic carbocycles. The van der Waals surface area contributed by atoms with Crippen LogP contribution in [0.5, 0.6) is 5.75 Å². The Morgan fingerprint density at radius 1 is 0.893 bits per heavy atom. The monoisotopic (exact) mass is 395 g/mol. The van der Waals surface area contributed by atoms with Gasteiger partial charge in [0.15, 0.2) is 5.78 Å². The number of ketones is 1. The zero-order valence-corrected chi connectivity index (χ0v) is 16.7. The van der Waals surface area contributed by atoms with Gasteiger partial charge in [-0.15, -0.1) is 0 Å². The molecule has 0 aromatic heterocycles. The van der Waals surface area contributed by atoms with Gasteiger partial charge in [0.1, 0.15) is 5.75 Å². The van der Waals surface area contributed by atoms with E-state index in [1.807, 2.05) is 13.8 Å². The molecule has 1 N–H and O–H groups in total. The van der Waals surface area contributed by atoms with Gasteiger partial charge in [-0.05, 0) is 73.5 Å². The van der Waals surface area contributed by atoms with E-state index in [0.29, 0.717) is 11.3 Å². The van der Waals surface area contributed by atoms with Gasteiger partial charge in [-0.1, -0.05) is 18.2 Å². The molecule has 0 fully saturated rings. The number of benzene rings is 3. The SMILES string of the molecule is COc1ccc(C(=O)c2ccccc2NS(=O)(=O)c2ccc(C)c(C)c2)cc1. The fourth-order valence-corrected chi connectivity index (χ4v) is 3.92. The lowest BCUT2D eigenvalue weighted by Gasteiger charge is -2.13. The molecular formula is C22H21NO4S. The number of rotatable bonds is 6. The Morgan fingerprint density at radius 3 is 2.21 bits per heavy atom. The van der Waals surface area contributed by atoms with E-state index in [-0.39, 0.29) is 21.9 Å². The highest BCUT2D eigenvalue weighted by Crippen LogP contribution is 2.24. The number of para-hydroxylation sites is 1. The van der Waals surface area contributed by atoms with E-state index in [9.17, 15) is 13.2 Å². The molecule has 0 bridgehead atoms. The first kappa shape index (κ1) is 19.6. The highest BCUT2D eigenvalue weighted by atomic mass is 32.2. The van der Waals surface area contributed by atoms with E-state index < -0.39 is 10.0 Å². The molecule has 0 heterocycles. The summed E-state index contributed by atoms with van der Waals surface area (Å²) >= 11 is 0. The summed E-state index contributed by atoms with van der Waals surface area (Å²) in [4.78, 5) is 13.1. The van der Waals surface area contributed by atoms with Crippen molar-refractivity contribution in [3.05, 3.63) is 89.0 Å². The van der Waals surface area contributed by atoms with Crippen molar-refractivity contribution in [2.24, 2.45) is 0 Å². The van der Waals surface area contributed by atoms with Crippen molar-refractivity contribution in [2.75, 3.05) is 11.8 Å². The molecular weight excluding hydrogens is 374 g/mol. The molecule has 0 aliphatic heterocycles. The van der Waals surface area contributed by atoms with Crippen LogP contribution in [0.3, 0.4) is 0 Å². The second kappa shape index (κ2) is 7.86. The van der Waals surface area contributed by atoms with Crippen molar-refractivity contribution >= 4 is 21.5 Å². The molecule has 0 amide bonds. The normalized spacial score (nSPS) is 11.1. The minimum atomic E-state index is -3.82. The Hall–Kier alpha value is -3.12. The summed E-state index contributed by atoms with van der Waals surface area (Å²) in [6.07, 6.45) is 0. The predicted molar refractivity (Wildman–Crippen MR) is 110 cm³/mol. The molecule has 5 nitrogen and oxygen atoms in total. The summed E-state index contributed by atoms with van der Waals surface area (Å²) in [5.74, 6) is 0.362. The summed E-state index contributed by atoms with van der Waals surface area (Å²) < 4.78 is 33.3. The van der Waals surface area contributed by atoms with Crippen LogP contribution in [0.25, 0.3) is 0 Å². The van der Waals surface area contributed by atoms with Crippen LogP contribution in [0.4, 0.5) is 5.69 Å². The third-order valence-corrected chi connectivity index (χ3v) is 5.92. The number of hydrogen-bond donors (Lipinski definition) is 1. The number of hydrogen-bond acceptors (Lipinski definition) is 4. The van der Waals surface area contributed by atoms with E-state index in [1.165, 1.54) is 0 Å². The number of aryl methyl sites for hydroxylation is 2. The van der Waals surface area contributed by atoms with Crippen LogP contribution in [-0.4, -0.2) is 21.3 Å². The molecule has 28 heavy (non-hydrogen) atoms. The third-order valence-electron chi connectivity index (χ3n) is 4.56.